The molecule has 3 heterocycles. The minimum Gasteiger partial charge on any atom is -0.379 e. The summed E-state index contributed by atoms with van der Waals surface area (Å²) < 4.78 is 15.6. The van der Waals surface area contributed by atoms with Crippen molar-refractivity contribution in [1.29, 1.82) is 5.26 Å². The fourth-order valence-electron chi connectivity index (χ4n) is 5.11. The molecule has 35 heavy (non-hydrogen) atoms. The molecule has 200 valence electrons. The monoisotopic (exact) mass is 493 g/mol. The van der Waals surface area contributed by atoms with E-state index >= 15 is 0 Å². The molecule has 0 aromatic heterocycles. The number of ketones is 1. The van der Waals surface area contributed by atoms with Crippen LogP contribution in [0.15, 0.2) is 0 Å². The lowest BCUT2D eigenvalue weighted by Gasteiger charge is -2.51. The van der Waals surface area contributed by atoms with Gasteiger partial charge in [0.25, 0.3) is 0 Å². The zero-order valence-electron chi connectivity index (χ0n) is 21.6. The van der Waals surface area contributed by atoms with Gasteiger partial charge in [0, 0.05) is 64.2 Å². The van der Waals surface area contributed by atoms with E-state index in [4.69, 9.17) is 25.2 Å². The molecule has 0 aromatic carbocycles. The summed E-state index contributed by atoms with van der Waals surface area (Å²) in [6.07, 6.45) is 10.1. The smallest absolute Gasteiger partial charge is 0.132 e. The van der Waals surface area contributed by atoms with Crippen LogP contribution >= 0.6 is 0 Å². The van der Waals surface area contributed by atoms with Gasteiger partial charge in [-0.25, -0.2) is 0 Å². The Morgan fingerprint density at radius 3 is 1.54 bits per heavy atom. The number of carbonyl (C=O) groups excluding carboxylic acids is 1. The van der Waals surface area contributed by atoms with Crippen LogP contribution in [0.5, 0.6) is 0 Å². The van der Waals surface area contributed by atoms with E-state index in [1.807, 2.05) is 0 Å². The Morgan fingerprint density at radius 2 is 1.29 bits per heavy atom. The third-order valence-electron chi connectivity index (χ3n) is 8.11. The van der Waals surface area contributed by atoms with E-state index in [2.05, 4.69) is 21.2 Å². The largest absolute Gasteiger partial charge is 0.379 e. The summed E-state index contributed by atoms with van der Waals surface area (Å²) in [5, 5.41) is 12.2. The average Bonchev–Trinajstić information content (AvgIpc) is 2.86. The van der Waals surface area contributed by atoms with Crippen molar-refractivity contribution in [2.24, 2.45) is 5.73 Å². The number of nitrogens with two attached hydrogens (primary N) is 1. The van der Waals surface area contributed by atoms with Crippen molar-refractivity contribution in [3.05, 3.63) is 0 Å². The molecule has 0 radical (unpaired) electrons. The molecule has 0 spiro atoms. The van der Waals surface area contributed by atoms with E-state index in [-0.39, 0.29) is 5.54 Å². The molecule has 6 rings (SSSR count). The first-order valence-electron chi connectivity index (χ1n) is 13.7. The molecule has 0 amide bonds. The van der Waals surface area contributed by atoms with Gasteiger partial charge in [0.05, 0.1) is 45.7 Å². The Labute approximate surface area is 211 Å². The van der Waals surface area contributed by atoms with E-state index in [1.54, 1.807) is 0 Å². The maximum Gasteiger partial charge on any atom is 0.132 e. The van der Waals surface area contributed by atoms with Crippen molar-refractivity contribution in [3.8, 4) is 6.07 Å². The lowest BCUT2D eigenvalue weighted by molar-refractivity contribution is -0.123. The Morgan fingerprint density at radius 1 is 0.800 bits per heavy atom. The van der Waals surface area contributed by atoms with Gasteiger partial charge in [-0.1, -0.05) is 0 Å². The second-order valence-electron chi connectivity index (χ2n) is 10.2. The number of morpholine rings is 3. The van der Waals surface area contributed by atoms with E-state index in [9.17, 15) is 4.79 Å². The first-order chi connectivity index (χ1) is 17.1. The van der Waals surface area contributed by atoms with Gasteiger partial charge >= 0.3 is 0 Å². The number of rotatable bonds is 3. The molecular weight excluding hydrogens is 446 g/mol. The molecule has 9 heteroatoms. The topological polar surface area (TPSA) is 113 Å². The van der Waals surface area contributed by atoms with E-state index in [1.165, 1.54) is 25.7 Å². The quantitative estimate of drug-likeness (QED) is 0.601. The average molecular weight is 494 g/mol. The van der Waals surface area contributed by atoms with Crippen LogP contribution < -0.4 is 11.1 Å². The highest BCUT2D eigenvalue weighted by atomic mass is 16.5. The van der Waals surface area contributed by atoms with Crippen molar-refractivity contribution in [1.82, 2.24) is 15.1 Å². The summed E-state index contributed by atoms with van der Waals surface area (Å²) in [6, 6.07) is 2.46. The van der Waals surface area contributed by atoms with Crippen LogP contribution in [0.4, 0.5) is 0 Å². The first-order valence-corrected chi connectivity index (χ1v) is 13.7. The van der Waals surface area contributed by atoms with Crippen LogP contribution in [0.2, 0.25) is 0 Å². The SMILES string of the molecule is C1COCCN1.N#CC1(N2CCOCC2)CCC1.NCC1(N2CCOCC2)CCC1.O=C1CCC1. The number of nitriles is 1. The lowest BCUT2D eigenvalue weighted by Crippen LogP contribution is -2.61. The summed E-state index contributed by atoms with van der Waals surface area (Å²) >= 11 is 0. The summed E-state index contributed by atoms with van der Waals surface area (Å²) in [6.45, 7) is 12.1. The predicted molar refractivity (Wildman–Crippen MR) is 135 cm³/mol. The first kappa shape index (κ1) is 28.5. The van der Waals surface area contributed by atoms with Crippen LogP contribution in [-0.4, -0.2) is 112 Å². The van der Waals surface area contributed by atoms with Crippen LogP contribution in [0.1, 0.15) is 57.8 Å². The Hall–Kier alpha value is -1.12. The fraction of sp³-hybridized carbons (Fsp3) is 0.923. The Kier molecular flexibility index (Phi) is 12.4. The molecule has 3 saturated carbocycles. The highest BCUT2D eigenvalue weighted by Gasteiger charge is 2.43. The van der Waals surface area contributed by atoms with Gasteiger partial charge in [0.1, 0.15) is 11.3 Å². The van der Waals surface area contributed by atoms with Crippen molar-refractivity contribution in [3.63, 3.8) is 0 Å². The molecular formula is C26H47N5O4. The normalized spacial score (nSPS) is 27.4. The molecule has 0 aromatic rings. The third kappa shape index (κ3) is 8.46. The van der Waals surface area contributed by atoms with Crippen molar-refractivity contribution in [2.75, 3.05) is 85.5 Å². The number of Topliss-reactive ketones (excluding diaryl/α,β-unsaturated/α-hetero) is 1. The second-order valence-corrected chi connectivity index (χ2v) is 10.2. The van der Waals surface area contributed by atoms with E-state index in [0.717, 1.165) is 118 Å². The van der Waals surface area contributed by atoms with E-state index < -0.39 is 0 Å². The minimum atomic E-state index is -0.107. The zero-order chi connectivity index (χ0) is 24.8. The molecule has 0 bridgehead atoms. The number of carbonyl (C=O) groups is 1. The van der Waals surface area contributed by atoms with Gasteiger partial charge in [-0.2, -0.15) is 5.26 Å². The summed E-state index contributed by atoms with van der Waals surface area (Å²) in [4.78, 5) is 14.7. The molecule has 0 atom stereocenters. The number of hydrogen-bond donors (Lipinski definition) is 2. The summed E-state index contributed by atoms with van der Waals surface area (Å²) in [5.74, 6) is 0.435. The van der Waals surface area contributed by atoms with Crippen LogP contribution in [0.3, 0.4) is 0 Å². The predicted octanol–water partition coefficient (Wildman–Crippen LogP) is 1.31. The molecule has 9 nitrogen and oxygen atoms in total. The summed E-state index contributed by atoms with van der Waals surface area (Å²) in [7, 11) is 0. The number of ether oxygens (including phenoxy) is 3. The number of hydrogen-bond acceptors (Lipinski definition) is 9. The molecule has 3 aliphatic heterocycles. The van der Waals surface area contributed by atoms with Gasteiger partial charge < -0.3 is 25.3 Å². The summed E-state index contributed by atoms with van der Waals surface area (Å²) in [5.41, 5.74) is 6.07. The van der Waals surface area contributed by atoms with Crippen LogP contribution in [0, 0.1) is 11.3 Å². The maximum atomic E-state index is 9.90. The van der Waals surface area contributed by atoms with Crippen molar-refractivity contribution < 1.29 is 19.0 Å². The molecule has 6 aliphatic rings. The molecule has 3 saturated heterocycles. The van der Waals surface area contributed by atoms with Crippen LogP contribution in [-0.2, 0) is 19.0 Å². The van der Waals surface area contributed by atoms with Gasteiger partial charge in [-0.3, -0.25) is 14.6 Å². The van der Waals surface area contributed by atoms with Gasteiger partial charge in [-0.15, -0.1) is 0 Å². The van der Waals surface area contributed by atoms with Gasteiger partial charge in [-0.05, 0) is 44.9 Å². The Balaban J connectivity index is 0.000000139. The number of nitrogens with zero attached hydrogens (tertiary/aromatic N) is 3. The van der Waals surface area contributed by atoms with Gasteiger partial charge in [0.15, 0.2) is 0 Å². The zero-order valence-corrected chi connectivity index (χ0v) is 21.6. The standard InChI is InChI=1S/C9H18N2O.C9H14N2O.C4H9NO.C4H6O/c2*10-8-9(2-1-3-9)11-4-6-12-7-5-11;1-3-6-4-2-5-1;5-4-2-1-3-4/h1-8,10H2;1-7H2;5H,1-4H2;1-3H2. The molecule has 0 unspecified atom stereocenters. The highest BCUT2D eigenvalue weighted by molar-refractivity contribution is 5.83. The molecule has 3 N–H and O–H groups in total. The van der Waals surface area contributed by atoms with E-state index in [0.29, 0.717) is 11.3 Å². The maximum absolute atomic E-state index is 9.90. The Bertz CT molecular complexity index is 624. The highest BCUT2D eigenvalue weighted by Crippen LogP contribution is 2.37. The number of nitrogens with one attached hydrogen (secondary N) is 1. The van der Waals surface area contributed by atoms with Gasteiger partial charge in [0.2, 0.25) is 0 Å². The minimum absolute atomic E-state index is 0.107. The second kappa shape index (κ2) is 15.2. The van der Waals surface area contributed by atoms with Crippen LogP contribution in [0.25, 0.3) is 0 Å². The van der Waals surface area contributed by atoms with Crippen molar-refractivity contribution in [2.45, 2.75) is 68.9 Å². The third-order valence-corrected chi connectivity index (χ3v) is 8.11. The fourth-order valence-corrected chi connectivity index (χ4v) is 5.11. The molecule has 3 aliphatic carbocycles. The molecule has 6 fully saturated rings. The van der Waals surface area contributed by atoms with Crippen molar-refractivity contribution >= 4 is 5.78 Å². The lowest BCUT2D eigenvalue weighted by atomic mass is 9.75.